The Morgan fingerprint density at radius 1 is 1.15 bits per heavy atom. The van der Waals surface area contributed by atoms with Gasteiger partial charge in [0.05, 0.1) is 5.69 Å². The third kappa shape index (κ3) is 5.15. The monoisotopic (exact) mass is 467 g/mol. The number of amides is 2. The lowest BCUT2D eigenvalue weighted by Crippen LogP contribution is -2.56. The predicted octanol–water partition coefficient (Wildman–Crippen LogP) is 2.16. The van der Waals surface area contributed by atoms with Crippen molar-refractivity contribution in [3.63, 3.8) is 0 Å². The highest BCUT2D eigenvalue weighted by atomic mass is 32.1. The number of carbonyl (C=O) groups is 2. The fourth-order valence-corrected chi connectivity index (χ4v) is 4.82. The van der Waals surface area contributed by atoms with Crippen LogP contribution in [0.2, 0.25) is 0 Å². The van der Waals surface area contributed by atoms with E-state index in [1.807, 2.05) is 49.3 Å². The van der Waals surface area contributed by atoms with Crippen LogP contribution in [0.25, 0.3) is 4.96 Å². The topological polar surface area (TPSA) is 87.0 Å². The molecule has 1 saturated heterocycles. The summed E-state index contributed by atoms with van der Waals surface area (Å²) in [6.07, 6.45) is 1.73. The summed E-state index contributed by atoms with van der Waals surface area (Å²) in [5, 5.41) is 4.80. The number of hydrogen-bond donors (Lipinski definition) is 1. The summed E-state index contributed by atoms with van der Waals surface area (Å²) in [5.41, 5.74) is 2.14. The van der Waals surface area contributed by atoms with Crippen molar-refractivity contribution < 1.29 is 9.59 Å². The van der Waals surface area contributed by atoms with E-state index in [-0.39, 0.29) is 23.3 Å². The SMILES string of the molecule is Cc1ccccc1C(=O)N[C@H](C(=O)N1CCN(Cc2cc(=O)n3ccsc3n2)CC1)C(C)C. The number of thiazole rings is 1. The quantitative estimate of drug-likeness (QED) is 0.600. The fourth-order valence-electron chi connectivity index (χ4n) is 4.08. The van der Waals surface area contributed by atoms with Gasteiger partial charge in [-0.3, -0.25) is 23.7 Å². The van der Waals surface area contributed by atoms with Crippen molar-refractivity contribution in [2.75, 3.05) is 26.2 Å². The maximum atomic E-state index is 13.3. The van der Waals surface area contributed by atoms with Crippen molar-refractivity contribution in [2.45, 2.75) is 33.4 Å². The summed E-state index contributed by atoms with van der Waals surface area (Å²) in [6, 6.07) is 8.38. The second-order valence-electron chi connectivity index (χ2n) is 8.75. The highest BCUT2D eigenvalue weighted by Gasteiger charge is 2.31. The molecular formula is C24H29N5O3S. The van der Waals surface area contributed by atoms with E-state index in [1.165, 1.54) is 11.3 Å². The Bertz CT molecular complexity index is 1210. The van der Waals surface area contributed by atoms with Crippen LogP contribution in [-0.2, 0) is 11.3 Å². The average Bonchev–Trinajstić information content (AvgIpc) is 3.27. The average molecular weight is 468 g/mol. The molecular weight excluding hydrogens is 438 g/mol. The van der Waals surface area contributed by atoms with E-state index in [1.54, 1.807) is 22.7 Å². The van der Waals surface area contributed by atoms with Gasteiger partial charge in [0.15, 0.2) is 4.96 Å². The largest absolute Gasteiger partial charge is 0.340 e. The maximum absolute atomic E-state index is 13.3. The Hall–Kier alpha value is -3.04. The smallest absolute Gasteiger partial charge is 0.258 e. The minimum atomic E-state index is -0.577. The molecule has 1 aromatic carbocycles. The molecule has 174 valence electrons. The fraction of sp³-hybridized carbons (Fsp3) is 0.417. The molecule has 0 spiro atoms. The summed E-state index contributed by atoms with van der Waals surface area (Å²) in [7, 11) is 0. The molecule has 1 atom stereocenters. The van der Waals surface area contributed by atoms with Crippen LogP contribution in [-0.4, -0.2) is 63.2 Å². The van der Waals surface area contributed by atoms with Crippen LogP contribution in [0.1, 0.15) is 35.5 Å². The molecule has 1 fully saturated rings. The zero-order valence-corrected chi connectivity index (χ0v) is 20.0. The number of fused-ring (bicyclic) bond motifs is 1. The van der Waals surface area contributed by atoms with E-state index in [4.69, 9.17) is 0 Å². The lowest BCUT2D eigenvalue weighted by Gasteiger charge is -2.37. The zero-order chi connectivity index (χ0) is 23.5. The highest BCUT2D eigenvalue weighted by molar-refractivity contribution is 7.15. The molecule has 1 N–H and O–H groups in total. The maximum Gasteiger partial charge on any atom is 0.258 e. The molecule has 1 aliphatic heterocycles. The van der Waals surface area contributed by atoms with Gasteiger partial charge in [-0.1, -0.05) is 32.0 Å². The van der Waals surface area contributed by atoms with Crippen LogP contribution in [0.5, 0.6) is 0 Å². The van der Waals surface area contributed by atoms with Crippen molar-refractivity contribution in [3.8, 4) is 0 Å². The van der Waals surface area contributed by atoms with E-state index in [9.17, 15) is 14.4 Å². The Morgan fingerprint density at radius 2 is 1.88 bits per heavy atom. The molecule has 0 bridgehead atoms. The number of nitrogens with one attached hydrogen (secondary N) is 1. The Labute approximate surface area is 196 Å². The van der Waals surface area contributed by atoms with Gasteiger partial charge in [0, 0.05) is 55.9 Å². The summed E-state index contributed by atoms with van der Waals surface area (Å²) >= 11 is 1.44. The van der Waals surface area contributed by atoms with Gasteiger partial charge < -0.3 is 10.2 Å². The Kier molecular flexibility index (Phi) is 6.90. The van der Waals surface area contributed by atoms with Gasteiger partial charge in [-0.2, -0.15) is 0 Å². The Morgan fingerprint density at radius 3 is 2.58 bits per heavy atom. The number of nitrogens with zero attached hydrogens (tertiary/aromatic N) is 4. The first-order valence-corrected chi connectivity index (χ1v) is 12.0. The van der Waals surface area contributed by atoms with Crippen LogP contribution in [0.15, 0.2) is 46.7 Å². The first-order valence-electron chi connectivity index (χ1n) is 11.2. The molecule has 1 aliphatic rings. The van der Waals surface area contributed by atoms with Crippen molar-refractivity contribution in [1.29, 1.82) is 0 Å². The summed E-state index contributed by atoms with van der Waals surface area (Å²) in [5.74, 6) is -0.304. The van der Waals surface area contributed by atoms with E-state index >= 15 is 0 Å². The van der Waals surface area contributed by atoms with Crippen molar-refractivity contribution >= 4 is 28.1 Å². The molecule has 0 aliphatic carbocycles. The highest BCUT2D eigenvalue weighted by Crippen LogP contribution is 2.14. The molecule has 0 radical (unpaired) electrons. The summed E-state index contributed by atoms with van der Waals surface area (Å²) < 4.78 is 1.54. The van der Waals surface area contributed by atoms with E-state index < -0.39 is 6.04 Å². The number of benzene rings is 1. The molecule has 2 amide bonds. The van der Waals surface area contributed by atoms with Crippen LogP contribution < -0.4 is 10.9 Å². The Balaban J connectivity index is 1.37. The standard InChI is InChI=1S/C24H29N5O3S/c1-16(2)21(26-22(31)19-7-5-4-6-17(19)3)23(32)28-10-8-27(9-11-28)15-18-14-20(30)29-12-13-33-24(29)25-18/h4-7,12-14,16,21H,8-11,15H2,1-3H3,(H,26,31)/t21-/m0/s1. The van der Waals surface area contributed by atoms with Gasteiger partial charge in [-0.15, -0.1) is 11.3 Å². The molecule has 9 heteroatoms. The third-order valence-corrected chi connectivity index (χ3v) is 6.79. The number of rotatable bonds is 6. The van der Waals surface area contributed by atoms with Gasteiger partial charge in [-0.05, 0) is 24.5 Å². The summed E-state index contributed by atoms with van der Waals surface area (Å²) in [6.45, 7) is 8.87. The third-order valence-electron chi connectivity index (χ3n) is 6.03. The number of hydrogen-bond acceptors (Lipinski definition) is 6. The van der Waals surface area contributed by atoms with Crippen LogP contribution in [0.4, 0.5) is 0 Å². The van der Waals surface area contributed by atoms with Crippen LogP contribution >= 0.6 is 11.3 Å². The molecule has 3 aromatic rings. The van der Waals surface area contributed by atoms with Gasteiger partial charge in [0.1, 0.15) is 6.04 Å². The van der Waals surface area contributed by atoms with Crippen molar-refractivity contribution in [1.82, 2.24) is 24.5 Å². The minimum Gasteiger partial charge on any atom is -0.340 e. The molecule has 0 saturated carbocycles. The molecule has 8 nitrogen and oxygen atoms in total. The van der Waals surface area contributed by atoms with Gasteiger partial charge in [0.2, 0.25) is 5.91 Å². The van der Waals surface area contributed by atoms with Gasteiger partial charge in [-0.25, -0.2) is 4.98 Å². The molecule has 2 aromatic heterocycles. The van der Waals surface area contributed by atoms with Gasteiger partial charge in [0.25, 0.3) is 11.5 Å². The number of aromatic nitrogens is 2. The minimum absolute atomic E-state index is 0.0294. The van der Waals surface area contributed by atoms with E-state index in [0.29, 0.717) is 43.2 Å². The second-order valence-corrected chi connectivity index (χ2v) is 9.63. The normalized spacial score (nSPS) is 15.7. The predicted molar refractivity (Wildman–Crippen MR) is 128 cm³/mol. The van der Waals surface area contributed by atoms with Crippen LogP contribution in [0, 0.1) is 12.8 Å². The molecule has 33 heavy (non-hydrogen) atoms. The van der Waals surface area contributed by atoms with E-state index in [2.05, 4.69) is 15.2 Å². The number of aryl methyl sites for hydroxylation is 1. The first-order chi connectivity index (χ1) is 15.8. The van der Waals surface area contributed by atoms with Gasteiger partial charge >= 0.3 is 0 Å². The number of carbonyl (C=O) groups excluding carboxylic acids is 2. The molecule has 4 rings (SSSR count). The second kappa shape index (κ2) is 9.84. The molecule has 0 unspecified atom stereocenters. The van der Waals surface area contributed by atoms with Crippen molar-refractivity contribution in [2.24, 2.45) is 5.92 Å². The van der Waals surface area contributed by atoms with Crippen LogP contribution in [0.3, 0.4) is 0 Å². The number of piperazine rings is 1. The first kappa shape index (κ1) is 23.1. The lowest BCUT2D eigenvalue weighted by molar-refractivity contribution is -0.136. The zero-order valence-electron chi connectivity index (χ0n) is 19.2. The molecule has 3 heterocycles. The van der Waals surface area contributed by atoms with E-state index in [0.717, 1.165) is 11.3 Å². The summed E-state index contributed by atoms with van der Waals surface area (Å²) in [4.78, 5) is 47.6. The van der Waals surface area contributed by atoms with Crippen molar-refractivity contribution in [3.05, 3.63) is 69.1 Å². The lowest BCUT2D eigenvalue weighted by atomic mass is 10.0.